The average Bonchev–Trinajstić information content (AvgIpc) is 3.05. The van der Waals surface area contributed by atoms with Gasteiger partial charge < -0.3 is 9.47 Å². The Balaban J connectivity index is 1.28. The smallest absolute Gasteiger partial charge is 0.344 e. The van der Waals surface area contributed by atoms with Gasteiger partial charge in [-0.1, -0.05) is 35.0 Å². The van der Waals surface area contributed by atoms with Crippen molar-refractivity contribution in [3.8, 4) is 5.75 Å². The number of nitrogens with one attached hydrogen (secondary N) is 1. The molecule has 0 aromatic heterocycles. The minimum Gasteiger partial charge on any atom is -0.479 e. The van der Waals surface area contributed by atoms with Crippen LogP contribution < -0.4 is 10.2 Å². The average molecular weight is 570 g/mol. The quantitative estimate of drug-likeness (QED) is 0.268. The first kappa shape index (κ1) is 25.8. The predicted molar refractivity (Wildman–Crippen MR) is 142 cm³/mol. The Morgan fingerprint density at radius 2 is 1.75 bits per heavy atom. The van der Waals surface area contributed by atoms with Gasteiger partial charge in [0.2, 0.25) is 5.91 Å². The second-order valence-corrected chi connectivity index (χ2v) is 12.6. The third-order valence-corrected chi connectivity index (χ3v) is 9.35. The van der Waals surface area contributed by atoms with E-state index in [-0.39, 0.29) is 44.7 Å². The molecule has 6 rings (SSSR count). The molecular formula is C25H26Cl2N2O5S2. The summed E-state index contributed by atoms with van der Waals surface area (Å²) in [7, 11) is 0. The van der Waals surface area contributed by atoms with Crippen molar-refractivity contribution in [2.45, 2.75) is 45.4 Å². The van der Waals surface area contributed by atoms with Crippen LogP contribution in [-0.4, -0.2) is 40.3 Å². The summed E-state index contributed by atoms with van der Waals surface area (Å²) in [6, 6.07) is 3.16. The van der Waals surface area contributed by atoms with Gasteiger partial charge >= 0.3 is 5.97 Å². The van der Waals surface area contributed by atoms with Crippen LogP contribution in [0.2, 0.25) is 10.0 Å². The zero-order valence-electron chi connectivity index (χ0n) is 19.7. The van der Waals surface area contributed by atoms with E-state index in [0.717, 1.165) is 31.0 Å². The lowest BCUT2D eigenvalue weighted by Crippen LogP contribution is -2.57. The third kappa shape index (κ3) is 4.99. The molecule has 192 valence electrons. The van der Waals surface area contributed by atoms with Gasteiger partial charge in [-0.2, -0.15) is 5.01 Å². The molecule has 4 saturated carbocycles. The van der Waals surface area contributed by atoms with E-state index in [2.05, 4.69) is 5.43 Å². The van der Waals surface area contributed by atoms with E-state index in [1.807, 2.05) is 0 Å². The van der Waals surface area contributed by atoms with Gasteiger partial charge in [-0.05, 0) is 99.2 Å². The van der Waals surface area contributed by atoms with E-state index >= 15 is 0 Å². The number of amides is 2. The zero-order valence-corrected chi connectivity index (χ0v) is 22.8. The van der Waals surface area contributed by atoms with Crippen molar-refractivity contribution < 1.29 is 23.9 Å². The van der Waals surface area contributed by atoms with Crippen LogP contribution in [-0.2, 0) is 19.1 Å². The number of hydrogen-bond donors (Lipinski definition) is 1. The first-order chi connectivity index (χ1) is 17.2. The number of thioether (sulfide) groups is 1. The molecule has 0 radical (unpaired) electrons. The number of rotatable bonds is 7. The number of nitrogens with zero attached hydrogens (tertiary/aromatic N) is 1. The lowest BCUT2D eigenvalue weighted by molar-refractivity contribution is -0.152. The van der Waals surface area contributed by atoms with Gasteiger partial charge in [0.05, 0.1) is 27.0 Å². The molecular weight excluding hydrogens is 543 g/mol. The highest BCUT2D eigenvalue weighted by Gasteiger charge is 2.55. The number of thiocarbonyl (C=S) groups is 1. The van der Waals surface area contributed by atoms with Crippen LogP contribution in [0.1, 0.15) is 51.0 Å². The highest BCUT2D eigenvalue weighted by molar-refractivity contribution is 8.26. The second kappa shape index (κ2) is 10.2. The van der Waals surface area contributed by atoms with Gasteiger partial charge in [0, 0.05) is 0 Å². The van der Waals surface area contributed by atoms with Gasteiger partial charge in [-0.25, -0.2) is 4.79 Å². The first-order valence-electron chi connectivity index (χ1n) is 12.0. The zero-order chi connectivity index (χ0) is 25.6. The fourth-order valence-corrected chi connectivity index (χ4v) is 8.25. The summed E-state index contributed by atoms with van der Waals surface area (Å²) in [6.45, 7) is 1.61. The van der Waals surface area contributed by atoms with Crippen LogP contribution in [0.4, 0.5) is 0 Å². The van der Waals surface area contributed by atoms with Gasteiger partial charge in [-0.3, -0.25) is 15.0 Å². The van der Waals surface area contributed by atoms with Crippen molar-refractivity contribution in [3.63, 3.8) is 0 Å². The summed E-state index contributed by atoms with van der Waals surface area (Å²) in [5.74, 6) is 0.989. The Labute approximate surface area is 229 Å². The van der Waals surface area contributed by atoms with Crippen LogP contribution in [0.5, 0.6) is 5.75 Å². The Hall–Kier alpha value is -1.81. The molecule has 1 aliphatic heterocycles. The maximum absolute atomic E-state index is 13.4. The van der Waals surface area contributed by atoms with Crippen LogP contribution >= 0.6 is 47.2 Å². The van der Waals surface area contributed by atoms with E-state index in [9.17, 15) is 14.4 Å². The lowest BCUT2D eigenvalue weighted by atomic mass is 9.49. The third-order valence-electron chi connectivity index (χ3n) is 7.49. The Morgan fingerprint density at radius 1 is 1.17 bits per heavy atom. The number of carbonyl (C=O) groups excluding carboxylic acids is 3. The van der Waals surface area contributed by atoms with Crippen LogP contribution in [0.3, 0.4) is 0 Å². The lowest BCUT2D eigenvalue weighted by Gasteiger charge is -2.55. The number of halogens is 2. The molecule has 11 heteroatoms. The summed E-state index contributed by atoms with van der Waals surface area (Å²) in [6.07, 6.45) is 8.00. The number of ether oxygens (including phenoxy) is 2. The predicted octanol–water partition coefficient (Wildman–Crippen LogP) is 5.38. The van der Waals surface area contributed by atoms with Crippen molar-refractivity contribution >= 4 is 75.4 Å². The van der Waals surface area contributed by atoms with E-state index in [1.54, 1.807) is 25.1 Å². The molecule has 4 bridgehead atoms. The molecule has 5 aliphatic rings. The summed E-state index contributed by atoms with van der Waals surface area (Å²) < 4.78 is 10.5. The molecule has 0 spiro atoms. The van der Waals surface area contributed by atoms with E-state index in [0.29, 0.717) is 28.2 Å². The van der Waals surface area contributed by atoms with Crippen molar-refractivity contribution in [2.24, 2.45) is 23.2 Å². The van der Waals surface area contributed by atoms with E-state index in [1.165, 1.54) is 24.3 Å². The van der Waals surface area contributed by atoms with Crippen LogP contribution in [0.15, 0.2) is 17.0 Å². The van der Waals surface area contributed by atoms with Gasteiger partial charge in [-0.15, -0.1) is 0 Å². The van der Waals surface area contributed by atoms with Gasteiger partial charge in [0.25, 0.3) is 5.91 Å². The monoisotopic (exact) mass is 568 g/mol. The Bertz CT molecular complexity index is 1110. The largest absolute Gasteiger partial charge is 0.479 e. The number of benzene rings is 1. The minimum absolute atomic E-state index is 0.0895. The SMILES string of the molecule is CCOC(=O)COc1c(Cl)cc(/C=C2\SC(=S)N(NC(=O)C34CC5CC(CC(C5)C3)C4)C2=O)cc1Cl. The molecule has 1 saturated heterocycles. The van der Waals surface area contributed by atoms with Crippen molar-refractivity contribution in [2.75, 3.05) is 13.2 Å². The topological polar surface area (TPSA) is 84.9 Å². The molecule has 0 atom stereocenters. The number of carbonyl (C=O) groups is 3. The normalized spacial score (nSPS) is 29.7. The fourth-order valence-electron chi connectivity index (χ4n) is 6.46. The molecule has 1 aromatic rings. The summed E-state index contributed by atoms with van der Waals surface area (Å²) in [4.78, 5) is 38.5. The maximum Gasteiger partial charge on any atom is 0.344 e. The maximum atomic E-state index is 13.4. The standard InChI is InChI=1S/C25H26Cl2N2O5S2/c1-2-33-20(30)12-34-21-17(26)6-13(7-18(21)27)8-19-22(31)29(24(35)36-19)28-23(32)25-9-14-3-15(10-25)5-16(4-14)11-25/h6-8,14-16H,2-5,9-12H2,1H3,(H,28,32)/b19-8-. The molecule has 36 heavy (non-hydrogen) atoms. The Morgan fingerprint density at radius 3 is 2.31 bits per heavy atom. The first-order valence-corrected chi connectivity index (χ1v) is 14.0. The number of hydrazine groups is 1. The summed E-state index contributed by atoms with van der Waals surface area (Å²) >= 11 is 19.2. The van der Waals surface area contributed by atoms with Crippen molar-refractivity contribution in [1.29, 1.82) is 0 Å². The van der Waals surface area contributed by atoms with E-state index < -0.39 is 11.9 Å². The summed E-state index contributed by atoms with van der Waals surface area (Å²) in [5.41, 5.74) is 3.02. The molecule has 1 aromatic carbocycles. The van der Waals surface area contributed by atoms with Crippen LogP contribution in [0.25, 0.3) is 6.08 Å². The molecule has 2 amide bonds. The fraction of sp³-hybridized carbons (Fsp3) is 0.520. The number of esters is 1. The summed E-state index contributed by atoms with van der Waals surface area (Å²) in [5, 5.41) is 1.56. The van der Waals surface area contributed by atoms with Crippen LogP contribution in [0, 0.1) is 23.2 Å². The molecule has 4 aliphatic carbocycles. The number of hydrogen-bond acceptors (Lipinski definition) is 7. The van der Waals surface area contributed by atoms with E-state index in [4.69, 9.17) is 44.9 Å². The minimum atomic E-state index is -0.534. The molecule has 5 fully saturated rings. The molecule has 1 N–H and O–H groups in total. The molecule has 1 heterocycles. The van der Waals surface area contributed by atoms with Gasteiger partial charge in [0.1, 0.15) is 0 Å². The highest BCUT2D eigenvalue weighted by Crippen LogP contribution is 2.60. The Kier molecular flexibility index (Phi) is 7.29. The molecule has 0 unspecified atom stereocenters. The van der Waals surface area contributed by atoms with Crippen molar-refractivity contribution in [1.82, 2.24) is 10.4 Å². The second-order valence-electron chi connectivity index (χ2n) is 10.1. The van der Waals surface area contributed by atoms with Crippen molar-refractivity contribution in [3.05, 3.63) is 32.6 Å². The molecule has 7 nitrogen and oxygen atoms in total. The highest BCUT2D eigenvalue weighted by atomic mass is 35.5. The van der Waals surface area contributed by atoms with Gasteiger partial charge in [0.15, 0.2) is 16.7 Å².